The Kier molecular flexibility index (Phi) is 4.84. The topological polar surface area (TPSA) is 38.5 Å². The molecule has 0 amide bonds. The van der Waals surface area contributed by atoms with Gasteiger partial charge < -0.3 is 10.5 Å². The Morgan fingerprint density at radius 1 is 1.20 bits per heavy atom. The van der Waals surface area contributed by atoms with Gasteiger partial charge in [-0.3, -0.25) is 4.90 Å². The Balaban J connectivity index is 1.95. The molecule has 3 nitrogen and oxygen atoms in total. The minimum atomic E-state index is -0.0561. The lowest BCUT2D eigenvalue weighted by Gasteiger charge is -2.39. The maximum atomic E-state index is 6.36. The van der Waals surface area contributed by atoms with E-state index < -0.39 is 0 Å². The number of nitrogens with two attached hydrogens (primary N) is 1. The molecule has 3 heteroatoms. The van der Waals surface area contributed by atoms with Gasteiger partial charge in [-0.2, -0.15) is 0 Å². The Hall–Kier alpha value is -0.900. The standard InChI is InChI=1S/C17H28N2O/c1-13(2)14-5-7-15(8-6-14)16(18)11-19-9-10-20-17(3,4)12-19/h5-8,13,16H,9-12,18H2,1-4H3. The van der Waals surface area contributed by atoms with Crippen LogP contribution in [0.4, 0.5) is 0 Å². The molecule has 0 radical (unpaired) electrons. The summed E-state index contributed by atoms with van der Waals surface area (Å²) in [6.07, 6.45) is 0. The van der Waals surface area contributed by atoms with Crippen LogP contribution in [0.25, 0.3) is 0 Å². The van der Waals surface area contributed by atoms with E-state index in [1.807, 2.05) is 0 Å². The second-order valence-electron chi connectivity index (χ2n) is 6.77. The fourth-order valence-corrected chi connectivity index (χ4v) is 2.78. The summed E-state index contributed by atoms with van der Waals surface area (Å²) in [4.78, 5) is 2.41. The summed E-state index contributed by atoms with van der Waals surface area (Å²) in [5, 5.41) is 0. The van der Waals surface area contributed by atoms with Crippen molar-refractivity contribution in [1.29, 1.82) is 0 Å². The van der Waals surface area contributed by atoms with Crippen LogP contribution in [0.5, 0.6) is 0 Å². The number of hydrogen-bond donors (Lipinski definition) is 1. The molecule has 1 fully saturated rings. The summed E-state index contributed by atoms with van der Waals surface area (Å²) in [5.74, 6) is 0.570. The van der Waals surface area contributed by atoms with E-state index in [4.69, 9.17) is 10.5 Å². The highest BCUT2D eigenvalue weighted by Crippen LogP contribution is 2.21. The zero-order valence-electron chi connectivity index (χ0n) is 13.2. The Morgan fingerprint density at radius 2 is 1.80 bits per heavy atom. The molecule has 1 atom stereocenters. The first kappa shape index (κ1) is 15.5. The third kappa shape index (κ3) is 4.05. The molecule has 112 valence electrons. The quantitative estimate of drug-likeness (QED) is 0.919. The number of ether oxygens (including phenoxy) is 1. The highest BCUT2D eigenvalue weighted by Gasteiger charge is 2.28. The maximum Gasteiger partial charge on any atom is 0.0753 e. The summed E-state index contributed by atoms with van der Waals surface area (Å²) in [6, 6.07) is 8.81. The van der Waals surface area contributed by atoms with E-state index >= 15 is 0 Å². The molecule has 0 bridgehead atoms. The van der Waals surface area contributed by atoms with Crippen LogP contribution >= 0.6 is 0 Å². The lowest BCUT2D eigenvalue weighted by atomic mass is 9.98. The molecule has 0 spiro atoms. The molecule has 0 saturated carbocycles. The van der Waals surface area contributed by atoms with E-state index in [9.17, 15) is 0 Å². The molecule has 2 rings (SSSR count). The highest BCUT2D eigenvalue weighted by molar-refractivity contribution is 5.26. The van der Waals surface area contributed by atoms with Crippen molar-refractivity contribution in [1.82, 2.24) is 4.90 Å². The SMILES string of the molecule is CC(C)c1ccc(C(N)CN2CCOC(C)(C)C2)cc1. The van der Waals surface area contributed by atoms with Gasteiger partial charge in [-0.05, 0) is 30.9 Å². The molecule has 1 saturated heterocycles. The zero-order valence-corrected chi connectivity index (χ0v) is 13.2. The maximum absolute atomic E-state index is 6.36. The predicted molar refractivity (Wildman–Crippen MR) is 83.9 cm³/mol. The molecular weight excluding hydrogens is 248 g/mol. The van der Waals surface area contributed by atoms with Gasteiger partial charge in [0, 0.05) is 25.7 Å². The molecule has 2 N–H and O–H groups in total. The van der Waals surface area contributed by atoms with Crippen molar-refractivity contribution in [3.63, 3.8) is 0 Å². The zero-order chi connectivity index (χ0) is 14.8. The lowest BCUT2D eigenvalue weighted by Crippen LogP contribution is -2.50. The van der Waals surface area contributed by atoms with Crippen LogP contribution in [0.15, 0.2) is 24.3 Å². The van der Waals surface area contributed by atoms with Crippen molar-refractivity contribution >= 4 is 0 Å². The summed E-state index contributed by atoms with van der Waals surface area (Å²) < 4.78 is 5.74. The van der Waals surface area contributed by atoms with Crippen LogP contribution < -0.4 is 5.73 Å². The van der Waals surface area contributed by atoms with Gasteiger partial charge in [0.1, 0.15) is 0 Å². The number of rotatable bonds is 4. The minimum absolute atomic E-state index is 0.0561. The molecule has 1 aromatic carbocycles. The Labute approximate surface area is 123 Å². The van der Waals surface area contributed by atoms with Crippen LogP contribution in [-0.2, 0) is 4.74 Å². The van der Waals surface area contributed by atoms with Crippen LogP contribution in [0.3, 0.4) is 0 Å². The van der Waals surface area contributed by atoms with Gasteiger partial charge >= 0.3 is 0 Å². The molecule has 0 aromatic heterocycles. The first-order chi connectivity index (χ1) is 9.37. The smallest absolute Gasteiger partial charge is 0.0753 e. The first-order valence-corrected chi connectivity index (χ1v) is 7.59. The molecule has 1 aliphatic heterocycles. The van der Waals surface area contributed by atoms with E-state index in [0.29, 0.717) is 5.92 Å². The minimum Gasteiger partial charge on any atom is -0.373 e. The molecular formula is C17H28N2O. The first-order valence-electron chi connectivity index (χ1n) is 7.59. The largest absolute Gasteiger partial charge is 0.373 e. The van der Waals surface area contributed by atoms with Crippen LogP contribution in [0.2, 0.25) is 0 Å². The van der Waals surface area contributed by atoms with E-state index in [-0.39, 0.29) is 11.6 Å². The third-order valence-electron chi connectivity index (χ3n) is 3.99. The molecule has 1 heterocycles. The molecule has 1 aliphatic rings. The fraction of sp³-hybridized carbons (Fsp3) is 0.647. The van der Waals surface area contributed by atoms with Crippen LogP contribution in [0, 0.1) is 0 Å². The molecule has 0 aliphatic carbocycles. The van der Waals surface area contributed by atoms with Crippen molar-refractivity contribution < 1.29 is 4.74 Å². The van der Waals surface area contributed by atoms with E-state index in [2.05, 4.69) is 56.9 Å². The molecule has 1 unspecified atom stereocenters. The van der Waals surface area contributed by atoms with E-state index in [1.165, 1.54) is 11.1 Å². The van der Waals surface area contributed by atoms with E-state index in [0.717, 1.165) is 26.2 Å². The van der Waals surface area contributed by atoms with Crippen LogP contribution in [-0.4, -0.2) is 36.7 Å². The second kappa shape index (κ2) is 6.25. The summed E-state index contributed by atoms with van der Waals surface area (Å²) in [7, 11) is 0. The number of benzene rings is 1. The predicted octanol–water partition coefficient (Wildman–Crippen LogP) is 2.92. The van der Waals surface area contributed by atoms with Gasteiger partial charge in [-0.15, -0.1) is 0 Å². The van der Waals surface area contributed by atoms with Gasteiger partial charge in [0.15, 0.2) is 0 Å². The molecule has 20 heavy (non-hydrogen) atoms. The summed E-state index contributed by atoms with van der Waals surface area (Å²) >= 11 is 0. The van der Waals surface area contributed by atoms with Gasteiger partial charge in [-0.25, -0.2) is 0 Å². The fourth-order valence-electron chi connectivity index (χ4n) is 2.78. The van der Waals surface area contributed by atoms with Gasteiger partial charge in [-0.1, -0.05) is 38.1 Å². The Morgan fingerprint density at radius 3 is 2.35 bits per heavy atom. The monoisotopic (exact) mass is 276 g/mol. The average Bonchev–Trinajstić information content (AvgIpc) is 2.37. The second-order valence-corrected chi connectivity index (χ2v) is 6.77. The molecule has 1 aromatic rings. The summed E-state index contributed by atoms with van der Waals surface area (Å²) in [5.41, 5.74) is 8.89. The Bertz CT molecular complexity index is 425. The lowest BCUT2D eigenvalue weighted by molar-refractivity contribution is -0.0869. The van der Waals surface area contributed by atoms with Crippen molar-refractivity contribution in [2.45, 2.75) is 45.3 Å². The van der Waals surface area contributed by atoms with Crippen molar-refractivity contribution in [2.75, 3.05) is 26.2 Å². The van der Waals surface area contributed by atoms with Crippen molar-refractivity contribution in [3.05, 3.63) is 35.4 Å². The van der Waals surface area contributed by atoms with Crippen molar-refractivity contribution in [2.24, 2.45) is 5.73 Å². The summed E-state index contributed by atoms with van der Waals surface area (Å²) in [6.45, 7) is 12.3. The van der Waals surface area contributed by atoms with Gasteiger partial charge in [0.2, 0.25) is 0 Å². The number of morpholine rings is 1. The third-order valence-corrected chi connectivity index (χ3v) is 3.99. The normalized spacial score (nSPS) is 21.1. The highest BCUT2D eigenvalue weighted by atomic mass is 16.5. The number of hydrogen-bond acceptors (Lipinski definition) is 3. The average molecular weight is 276 g/mol. The van der Waals surface area contributed by atoms with Gasteiger partial charge in [0.25, 0.3) is 0 Å². The van der Waals surface area contributed by atoms with E-state index in [1.54, 1.807) is 0 Å². The van der Waals surface area contributed by atoms with Crippen LogP contribution in [0.1, 0.15) is 50.8 Å². The van der Waals surface area contributed by atoms with Crippen molar-refractivity contribution in [3.8, 4) is 0 Å². The number of nitrogens with zero attached hydrogens (tertiary/aromatic N) is 1. The van der Waals surface area contributed by atoms with Gasteiger partial charge in [0.05, 0.1) is 12.2 Å².